The molecule has 0 radical (unpaired) electrons. The summed E-state index contributed by atoms with van der Waals surface area (Å²) in [5, 5.41) is 7.21. The summed E-state index contributed by atoms with van der Waals surface area (Å²) in [6.07, 6.45) is 1.76. The van der Waals surface area contributed by atoms with Gasteiger partial charge in [0.2, 0.25) is 5.91 Å². The van der Waals surface area contributed by atoms with E-state index in [0.29, 0.717) is 15.8 Å². The lowest BCUT2D eigenvalue weighted by molar-refractivity contribution is -0.118. The molecule has 1 aliphatic rings. The molecule has 3 aromatic rings. The van der Waals surface area contributed by atoms with Gasteiger partial charge < -0.3 is 20.0 Å². The van der Waals surface area contributed by atoms with Crippen LogP contribution >= 0.6 is 23.8 Å². The van der Waals surface area contributed by atoms with Crippen LogP contribution in [0.4, 0.5) is 11.4 Å². The number of furan rings is 1. The molecule has 2 atom stereocenters. The number of hydrogen-bond donors (Lipinski definition) is 2. The van der Waals surface area contributed by atoms with E-state index in [1.807, 2.05) is 62.1 Å². The highest BCUT2D eigenvalue weighted by Crippen LogP contribution is 2.43. The van der Waals surface area contributed by atoms with Crippen LogP contribution in [-0.4, -0.2) is 16.0 Å². The Morgan fingerprint density at radius 3 is 2.68 bits per heavy atom. The first-order valence-electron chi connectivity index (χ1n) is 10.0. The summed E-state index contributed by atoms with van der Waals surface area (Å²) < 4.78 is 5.99. The summed E-state index contributed by atoms with van der Waals surface area (Å²) in [7, 11) is 0. The van der Waals surface area contributed by atoms with E-state index in [0.717, 1.165) is 22.9 Å². The molecule has 1 saturated heterocycles. The maximum Gasteiger partial charge on any atom is 0.226 e. The van der Waals surface area contributed by atoms with Crippen LogP contribution in [0, 0.1) is 12.8 Å². The normalized spacial score (nSPS) is 18.4. The molecule has 0 saturated carbocycles. The first-order valence-corrected chi connectivity index (χ1v) is 10.8. The van der Waals surface area contributed by atoms with Gasteiger partial charge in [0, 0.05) is 17.8 Å². The molecule has 3 heterocycles. The van der Waals surface area contributed by atoms with Crippen molar-refractivity contribution in [3.8, 4) is 0 Å². The molecule has 0 unspecified atom stereocenters. The maximum atomic E-state index is 12.1. The monoisotopic (exact) mass is 454 g/mol. The van der Waals surface area contributed by atoms with Crippen LogP contribution in [0.3, 0.4) is 0 Å². The zero-order chi connectivity index (χ0) is 22.1. The van der Waals surface area contributed by atoms with Crippen LogP contribution in [0.25, 0.3) is 0 Å². The number of carbonyl (C=O) groups is 1. The summed E-state index contributed by atoms with van der Waals surface area (Å²) >= 11 is 12.2. The summed E-state index contributed by atoms with van der Waals surface area (Å²) in [6.45, 7) is 5.58. The van der Waals surface area contributed by atoms with Crippen LogP contribution < -0.4 is 15.5 Å². The molecule has 1 aromatic carbocycles. The minimum atomic E-state index is -0.247. The number of benzene rings is 1. The second-order valence-electron chi connectivity index (χ2n) is 7.75. The van der Waals surface area contributed by atoms with Gasteiger partial charge in [-0.1, -0.05) is 31.5 Å². The van der Waals surface area contributed by atoms with Gasteiger partial charge in [0.25, 0.3) is 0 Å². The van der Waals surface area contributed by atoms with E-state index >= 15 is 0 Å². The Kier molecular flexibility index (Phi) is 5.98. The number of hydrogen-bond acceptors (Lipinski definition) is 4. The highest BCUT2D eigenvalue weighted by atomic mass is 35.5. The van der Waals surface area contributed by atoms with Gasteiger partial charge in [-0.3, -0.25) is 9.78 Å². The largest absolute Gasteiger partial charge is 0.464 e. The Morgan fingerprint density at radius 1 is 1.26 bits per heavy atom. The summed E-state index contributed by atoms with van der Waals surface area (Å²) in [6, 6.07) is 14.7. The third kappa shape index (κ3) is 4.29. The van der Waals surface area contributed by atoms with Crippen molar-refractivity contribution in [3.05, 3.63) is 77.0 Å². The first-order chi connectivity index (χ1) is 14.8. The predicted molar refractivity (Wildman–Crippen MR) is 126 cm³/mol. The van der Waals surface area contributed by atoms with Crippen LogP contribution in [0.2, 0.25) is 5.02 Å². The molecular formula is C23H23ClN4O2S. The molecule has 2 aromatic heterocycles. The Morgan fingerprint density at radius 2 is 2.06 bits per heavy atom. The Labute approximate surface area is 191 Å². The summed E-state index contributed by atoms with van der Waals surface area (Å²) in [4.78, 5) is 18.6. The van der Waals surface area contributed by atoms with Gasteiger partial charge in [-0.2, -0.15) is 0 Å². The van der Waals surface area contributed by atoms with Crippen LogP contribution in [-0.2, 0) is 4.79 Å². The second-order valence-corrected chi connectivity index (χ2v) is 8.55. The predicted octanol–water partition coefficient (Wildman–Crippen LogP) is 5.41. The molecule has 31 heavy (non-hydrogen) atoms. The fourth-order valence-corrected chi connectivity index (χ4v) is 4.13. The van der Waals surface area contributed by atoms with Gasteiger partial charge >= 0.3 is 0 Å². The molecule has 1 fully saturated rings. The third-order valence-corrected chi connectivity index (χ3v) is 5.79. The first kappa shape index (κ1) is 21.3. The fraction of sp³-hybridized carbons (Fsp3) is 0.261. The molecule has 8 heteroatoms. The molecule has 4 rings (SSSR count). The highest BCUT2D eigenvalue weighted by molar-refractivity contribution is 7.80. The molecular weight excluding hydrogens is 432 g/mol. The van der Waals surface area contributed by atoms with Crippen molar-refractivity contribution in [3.63, 3.8) is 0 Å². The number of aromatic nitrogens is 1. The van der Waals surface area contributed by atoms with E-state index in [2.05, 4.69) is 15.6 Å². The molecule has 160 valence electrons. The molecule has 0 aliphatic carbocycles. The lowest BCUT2D eigenvalue weighted by Crippen LogP contribution is -2.29. The number of aryl methyl sites for hydroxylation is 1. The van der Waals surface area contributed by atoms with Gasteiger partial charge in [0.05, 0.1) is 22.4 Å². The Hall–Kier alpha value is -2.90. The van der Waals surface area contributed by atoms with E-state index in [-0.39, 0.29) is 23.9 Å². The van der Waals surface area contributed by atoms with E-state index < -0.39 is 0 Å². The SMILES string of the molecule is Cc1ccc([C@@H]2[C@@H](c3ccccn3)NC(=S)N2c2ccc(NC(=O)C(C)C)c(Cl)c2)o1. The minimum Gasteiger partial charge on any atom is -0.464 e. The van der Waals surface area contributed by atoms with Crippen molar-refractivity contribution < 1.29 is 9.21 Å². The molecule has 0 bridgehead atoms. The van der Waals surface area contributed by atoms with Gasteiger partial charge in [-0.05, 0) is 61.6 Å². The lowest BCUT2D eigenvalue weighted by atomic mass is 10.0. The average Bonchev–Trinajstić information content (AvgIpc) is 3.32. The van der Waals surface area contributed by atoms with Crippen molar-refractivity contribution in [1.29, 1.82) is 0 Å². The average molecular weight is 455 g/mol. The molecule has 2 N–H and O–H groups in total. The van der Waals surface area contributed by atoms with Crippen LogP contribution in [0.5, 0.6) is 0 Å². The lowest BCUT2D eigenvalue weighted by Gasteiger charge is -2.26. The van der Waals surface area contributed by atoms with Crippen molar-refractivity contribution in [1.82, 2.24) is 10.3 Å². The fourth-order valence-electron chi connectivity index (χ4n) is 3.57. The Bertz CT molecular complexity index is 1120. The Balaban J connectivity index is 1.73. The van der Waals surface area contributed by atoms with E-state index in [4.69, 9.17) is 28.2 Å². The molecule has 6 nitrogen and oxygen atoms in total. The zero-order valence-electron chi connectivity index (χ0n) is 17.4. The number of rotatable bonds is 5. The van der Waals surface area contributed by atoms with Crippen molar-refractivity contribution in [2.24, 2.45) is 5.92 Å². The van der Waals surface area contributed by atoms with Crippen LogP contribution in [0.15, 0.2) is 59.1 Å². The number of thiocarbonyl (C=S) groups is 1. The topological polar surface area (TPSA) is 70.4 Å². The highest BCUT2D eigenvalue weighted by Gasteiger charge is 2.42. The van der Waals surface area contributed by atoms with E-state index in [1.165, 1.54) is 0 Å². The van der Waals surface area contributed by atoms with E-state index in [9.17, 15) is 4.79 Å². The number of nitrogens with one attached hydrogen (secondary N) is 2. The smallest absolute Gasteiger partial charge is 0.226 e. The number of pyridine rings is 1. The second kappa shape index (κ2) is 8.69. The van der Waals surface area contributed by atoms with Gasteiger partial charge in [-0.15, -0.1) is 0 Å². The zero-order valence-corrected chi connectivity index (χ0v) is 19.0. The minimum absolute atomic E-state index is 0.0906. The molecule has 1 aliphatic heterocycles. The quantitative estimate of drug-likeness (QED) is 0.502. The summed E-state index contributed by atoms with van der Waals surface area (Å²) in [5.74, 6) is 1.36. The van der Waals surface area contributed by atoms with Gasteiger partial charge in [0.15, 0.2) is 5.11 Å². The number of carbonyl (C=O) groups excluding carboxylic acids is 1. The molecule has 1 amide bonds. The number of amides is 1. The maximum absolute atomic E-state index is 12.1. The number of halogens is 1. The van der Waals surface area contributed by atoms with Gasteiger partial charge in [0.1, 0.15) is 17.6 Å². The number of anilines is 2. The third-order valence-electron chi connectivity index (χ3n) is 5.16. The van der Waals surface area contributed by atoms with Crippen molar-refractivity contribution >= 4 is 46.2 Å². The van der Waals surface area contributed by atoms with Crippen molar-refractivity contribution in [2.45, 2.75) is 32.9 Å². The van der Waals surface area contributed by atoms with E-state index in [1.54, 1.807) is 18.3 Å². The molecule has 0 spiro atoms. The summed E-state index contributed by atoms with van der Waals surface area (Å²) in [5.41, 5.74) is 2.22. The number of nitrogens with zero attached hydrogens (tertiary/aromatic N) is 2. The van der Waals surface area contributed by atoms with Crippen LogP contribution in [0.1, 0.15) is 43.1 Å². The van der Waals surface area contributed by atoms with Gasteiger partial charge in [-0.25, -0.2) is 0 Å². The standard InChI is InChI=1S/C23H23ClN4O2S/c1-13(2)22(29)26-17-9-8-15(12-16(17)24)28-21(19-10-7-14(3)30-19)20(27-23(28)31)18-6-4-5-11-25-18/h4-13,20-21H,1-3H3,(H,26,29)(H,27,31)/t20-,21-/m1/s1. The van der Waals surface area contributed by atoms with Crippen molar-refractivity contribution in [2.75, 3.05) is 10.2 Å².